The summed E-state index contributed by atoms with van der Waals surface area (Å²) >= 11 is 0. The number of carbonyl (C=O) groups is 1. The van der Waals surface area contributed by atoms with Crippen LogP contribution in [0.1, 0.15) is 29.3 Å². The van der Waals surface area contributed by atoms with Crippen molar-refractivity contribution in [1.29, 1.82) is 0 Å². The summed E-state index contributed by atoms with van der Waals surface area (Å²) < 4.78 is 5.24. The molecule has 0 aromatic carbocycles. The Labute approximate surface area is 82.7 Å². The molecule has 4 nitrogen and oxygen atoms in total. The van der Waals surface area contributed by atoms with Crippen LogP contribution in [0.15, 0.2) is 10.6 Å². The summed E-state index contributed by atoms with van der Waals surface area (Å²) in [5, 5.41) is 3.31. The van der Waals surface area contributed by atoms with Crippen molar-refractivity contribution in [2.75, 3.05) is 13.1 Å². The topological polar surface area (TPSA) is 55.1 Å². The minimum absolute atomic E-state index is 0.328. The van der Waals surface area contributed by atoms with Crippen LogP contribution in [0.3, 0.4) is 0 Å². The molecule has 1 aliphatic heterocycles. The van der Waals surface area contributed by atoms with Crippen molar-refractivity contribution in [2.45, 2.75) is 19.3 Å². The molecule has 0 radical (unpaired) electrons. The Hall–Kier alpha value is -1.16. The van der Waals surface area contributed by atoms with Gasteiger partial charge < -0.3 is 9.73 Å². The highest BCUT2D eigenvalue weighted by molar-refractivity contribution is 5.69. The molecule has 0 amide bonds. The summed E-state index contributed by atoms with van der Waals surface area (Å²) in [7, 11) is 0. The third-order valence-corrected chi connectivity index (χ3v) is 2.61. The van der Waals surface area contributed by atoms with E-state index in [1.165, 1.54) is 19.0 Å². The van der Waals surface area contributed by atoms with Crippen LogP contribution >= 0.6 is 0 Å². The van der Waals surface area contributed by atoms with Gasteiger partial charge in [-0.2, -0.15) is 0 Å². The molecule has 4 heteroatoms. The Kier molecular flexibility index (Phi) is 2.93. The predicted octanol–water partition coefficient (Wildman–Crippen LogP) is 1.03. The van der Waals surface area contributed by atoms with E-state index in [0.717, 1.165) is 19.5 Å². The number of aldehydes is 1. The molecule has 1 aliphatic rings. The Balaban J connectivity index is 1.92. The molecule has 0 saturated carbocycles. The third-order valence-electron chi connectivity index (χ3n) is 2.61. The molecule has 0 aliphatic carbocycles. The predicted molar refractivity (Wildman–Crippen MR) is 51.2 cm³/mol. The number of hydrogen-bond acceptors (Lipinski definition) is 4. The van der Waals surface area contributed by atoms with Crippen LogP contribution in [0.25, 0.3) is 0 Å². The van der Waals surface area contributed by atoms with E-state index >= 15 is 0 Å². The number of oxazole rings is 1. The van der Waals surface area contributed by atoms with Gasteiger partial charge in [-0.05, 0) is 31.8 Å². The molecule has 1 aromatic rings. The molecule has 14 heavy (non-hydrogen) atoms. The number of carbonyl (C=O) groups excluding carboxylic acids is 1. The van der Waals surface area contributed by atoms with E-state index in [2.05, 4.69) is 10.3 Å². The fourth-order valence-electron chi connectivity index (χ4n) is 1.81. The van der Waals surface area contributed by atoms with Gasteiger partial charge in [0.25, 0.3) is 0 Å². The summed E-state index contributed by atoms with van der Waals surface area (Å²) in [6, 6.07) is 0. The van der Waals surface area contributed by atoms with E-state index in [4.69, 9.17) is 4.42 Å². The van der Waals surface area contributed by atoms with Gasteiger partial charge in [0.15, 0.2) is 17.9 Å². The minimum atomic E-state index is 0.328. The first-order valence-electron chi connectivity index (χ1n) is 4.99. The number of nitrogens with one attached hydrogen (secondary N) is 1. The molecule has 1 saturated heterocycles. The van der Waals surface area contributed by atoms with Crippen molar-refractivity contribution in [3.8, 4) is 0 Å². The first kappa shape index (κ1) is 9.40. The fraction of sp³-hybridized carbons (Fsp3) is 0.600. The molecule has 1 N–H and O–H groups in total. The van der Waals surface area contributed by atoms with Gasteiger partial charge in [0.1, 0.15) is 0 Å². The molecular formula is C10H14N2O2. The monoisotopic (exact) mass is 194 g/mol. The lowest BCUT2D eigenvalue weighted by molar-refractivity contribution is 0.109. The zero-order valence-electron chi connectivity index (χ0n) is 8.03. The maximum absolute atomic E-state index is 10.4. The van der Waals surface area contributed by atoms with Gasteiger partial charge in [0, 0.05) is 6.42 Å². The molecule has 0 bridgehead atoms. The second-order valence-corrected chi connectivity index (χ2v) is 3.67. The Morgan fingerprint density at radius 3 is 3.00 bits per heavy atom. The SMILES string of the molecule is O=Cc1cnc(CC2CCNCC2)o1. The van der Waals surface area contributed by atoms with E-state index in [1.54, 1.807) is 0 Å². The highest BCUT2D eigenvalue weighted by Crippen LogP contribution is 2.17. The van der Waals surface area contributed by atoms with Crippen LogP contribution in [-0.2, 0) is 6.42 Å². The fourth-order valence-corrected chi connectivity index (χ4v) is 1.81. The van der Waals surface area contributed by atoms with Crippen LogP contribution in [0.4, 0.5) is 0 Å². The van der Waals surface area contributed by atoms with Crippen molar-refractivity contribution in [3.05, 3.63) is 17.8 Å². The second kappa shape index (κ2) is 4.37. The lowest BCUT2D eigenvalue weighted by atomic mass is 9.95. The van der Waals surface area contributed by atoms with E-state index < -0.39 is 0 Å². The number of piperidine rings is 1. The zero-order chi connectivity index (χ0) is 9.80. The summed E-state index contributed by atoms with van der Waals surface area (Å²) in [6.45, 7) is 2.15. The van der Waals surface area contributed by atoms with E-state index in [1.807, 2.05) is 0 Å². The largest absolute Gasteiger partial charge is 0.438 e. The first-order chi connectivity index (χ1) is 6.88. The molecule has 1 aromatic heterocycles. The normalized spacial score (nSPS) is 18.3. The smallest absolute Gasteiger partial charge is 0.195 e. The van der Waals surface area contributed by atoms with Gasteiger partial charge >= 0.3 is 0 Å². The highest BCUT2D eigenvalue weighted by Gasteiger charge is 2.16. The molecule has 76 valence electrons. The zero-order valence-corrected chi connectivity index (χ0v) is 8.03. The maximum atomic E-state index is 10.4. The van der Waals surface area contributed by atoms with Crippen molar-refractivity contribution in [1.82, 2.24) is 10.3 Å². The van der Waals surface area contributed by atoms with Crippen molar-refractivity contribution < 1.29 is 9.21 Å². The lowest BCUT2D eigenvalue weighted by Crippen LogP contribution is -2.28. The summed E-state index contributed by atoms with van der Waals surface area (Å²) in [6.07, 6.45) is 5.37. The number of nitrogens with zero attached hydrogens (tertiary/aromatic N) is 1. The quantitative estimate of drug-likeness (QED) is 0.730. The van der Waals surface area contributed by atoms with Crippen LogP contribution in [0.5, 0.6) is 0 Å². The second-order valence-electron chi connectivity index (χ2n) is 3.67. The summed E-state index contributed by atoms with van der Waals surface area (Å²) in [5.74, 6) is 1.67. The van der Waals surface area contributed by atoms with Gasteiger partial charge in [-0.1, -0.05) is 0 Å². The number of hydrogen-bond donors (Lipinski definition) is 1. The number of rotatable bonds is 3. The summed E-state index contributed by atoms with van der Waals surface area (Å²) in [4.78, 5) is 14.4. The van der Waals surface area contributed by atoms with Crippen LogP contribution in [0.2, 0.25) is 0 Å². The van der Waals surface area contributed by atoms with Gasteiger partial charge in [-0.15, -0.1) is 0 Å². The molecule has 2 rings (SSSR count). The molecule has 2 heterocycles. The Morgan fingerprint density at radius 1 is 1.57 bits per heavy atom. The van der Waals surface area contributed by atoms with Crippen LogP contribution in [0, 0.1) is 5.92 Å². The maximum Gasteiger partial charge on any atom is 0.195 e. The lowest BCUT2D eigenvalue weighted by Gasteiger charge is -2.20. The minimum Gasteiger partial charge on any atom is -0.438 e. The Bertz CT molecular complexity index is 303. The average molecular weight is 194 g/mol. The van der Waals surface area contributed by atoms with E-state index in [0.29, 0.717) is 23.9 Å². The third kappa shape index (κ3) is 2.20. The van der Waals surface area contributed by atoms with Gasteiger partial charge in [0.05, 0.1) is 6.20 Å². The van der Waals surface area contributed by atoms with Gasteiger partial charge in [-0.25, -0.2) is 4.98 Å². The molecule has 0 spiro atoms. The standard InChI is InChI=1S/C10H14N2O2/c13-7-9-6-12-10(14-9)5-8-1-3-11-4-2-8/h6-8,11H,1-5H2. The van der Waals surface area contributed by atoms with E-state index in [-0.39, 0.29) is 0 Å². The van der Waals surface area contributed by atoms with Gasteiger partial charge in [0.2, 0.25) is 0 Å². The molecule has 0 unspecified atom stereocenters. The first-order valence-corrected chi connectivity index (χ1v) is 4.99. The number of aromatic nitrogens is 1. The van der Waals surface area contributed by atoms with Crippen LogP contribution < -0.4 is 5.32 Å². The molecule has 1 fully saturated rings. The molecular weight excluding hydrogens is 180 g/mol. The van der Waals surface area contributed by atoms with Crippen LogP contribution in [-0.4, -0.2) is 24.4 Å². The van der Waals surface area contributed by atoms with Crippen molar-refractivity contribution in [3.63, 3.8) is 0 Å². The molecule has 0 atom stereocenters. The van der Waals surface area contributed by atoms with Crippen molar-refractivity contribution >= 4 is 6.29 Å². The Morgan fingerprint density at radius 2 is 2.36 bits per heavy atom. The highest BCUT2D eigenvalue weighted by atomic mass is 16.4. The van der Waals surface area contributed by atoms with Gasteiger partial charge in [-0.3, -0.25) is 4.79 Å². The average Bonchev–Trinajstić information content (AvgIpc) is 2.67. The van der Waals surface area contributed by atoms with Crippen molar-refractivity contribution in [2.24, 2.45) is 5.92 Å². The summed E-state index contributed by atoms with van der Waals surface area (Å²) in [5.41, 5.74) is 0. The van der Waals surface area contributed by atoms with E-state index in [9.17, 15) is 4.79 Å².